The molecule has 0 radical (unpaired) electrons. The Hall–Kier alpha value is -1.90. The summed E-state index contributed by atoms with van der Waals surface area (Å²) in [6.07, 6.45) is 5.55. The van der Waals surface area contributed by atoms with Crippen molar-refractivity contribution in [1.82, 2.24) is 4.57 Å². The number of hydrogen-bond acceptors (Lipinski definition) is 2. The fourth-order valence-electron chi connectivity index (χ4n) is 2.31. The SMILES string of the molecule is CCCn1ccc(CNc2ccc(N(C)C)cc2C)c1. The van der Waals surface area contributed by atoms with Gasteiger partial charge in [-0.2, -0.15) is 0 Å². The summed E-state index contributed by atoms with van der Waals surface area (Å²) in [5.74, 6) is 0. The molecular formula is C17H25N3. The van der Waals surface area contributed by atoms with Crippen LogP contribution in [0.25, 0.3) is 0 Å². The number of hydrogen-bond donors (Lipinski definition) is 1. The minimum absolute atomic E-state index is 0.874. The Kier molecular flexibility index (Phi) is 4.72. The molecule has 1 N–H and O–H groups in total. The van der Waals surface area contributed by atoms with E-state index in [4.69, 9.17) is 0 Å². The minimum atomic E-state index is 0.874. The molecule has 0 unspecified atom stereocenters. The van der Waals surface area contributed by atoms with Crippen LogP contribution in [0, 0.1) is 6.92 Å². The largest absolute Gasteiger partial charge is 0.381 e. The lowest BCUT2D eigenvalue weighted by molar-refractivity contribution is 0.681. The van der Waals surface area contributed by atoms with E-state index in [-0.39, 0.29) is 0 Å². The molecule has 0 saturated carbocycles. The first-order valence-corrected chi connectivity index (χ1v) is 7.26. The molecule has 0 amide bonds. The molecule has 0 spiro atoms. The lowest BCUT2D eigenvalue weighted by Crippen LogP contribution is -2.09. The number of aryl methyl sites for hydroxylation is 2. The van der Waals surface area contributed by atoms with Crippen LogP contribution in [0.4, 0.5) is 11.4 Å². The van der Waals surface area contributed by atoms with Crippen LogP contribution < -0.4 is 10.2 Å². The van der Waals surface area contributed by atoms with Crippen molar-refractivity contribution in [3.05, 3.63) is 47.8 Å². The van der Waals surface area contributed by atoms with Gasteiger partial charge in [-0.15, -0.1) is 0 Å². The van der Waals surface area contributed by atoms with Gasteiger partial charge >= 0.3 is 0 Å². The highest BCUT2D eigenvalue weighted by atomic mass is 15.1. The fourth-order valence-corrected chi connectivity index (χ4v) is 2.31. The molecule has 2 aromatic rings. The van der Waals surface area contributed by atoms with Crippen LogP contribution in [0.1, 0.15) is 24.5 Å². The van der Waals surface area contributed by atoms with Gasteiger partial charge in [0.15, 0.2) is 0 Å². The summed E-state index contributed by atoms with van der Waals surface area (Å²) >= 11 is 0. The predicted molar refractivity (Wildman–Crippen MR) is 87.6 cm³/mol. The first kappa shape index (κ1) is 14.5. The zero-order valence-corrected chi connectivity index (χ0v) is 13.0. The van der Waals surface area contributed by atoms with Gasteiger partial charge in [-0.3, -0.25) is 0 Å². The Morgan fingerprint density at radius 2 is 2.00 bits per heavy atom. The van der Waals surface area contributed by atoms with E-state index in [9.17, 15) is 0 Å². The van der Waals surface area contributed by atoms with Crippen LogP contribution in [0.15, 0.2) is 36.7 Å². The van der Waals surface area contributed by atoms with Gasteiger partial charge in [0.2, 0.25) is 0 Å². The van der Waals surface area contributed by atoms with E-state index in [1.54, 1.807) is 0 Å². The van der Waals surface area contributed by atoms with E-state index < -0.39 is 0 Å². The third kappa shape index (κ3) is 3.56. The van der Waals surface area contributed by atoms with Gasteiger partial charge < -0.3 is 14.8 Å². The molecule has 1 aromatic carbocycles. The molecular weight excluding hydrogens is 246 g/mol. The highest BCUT2D eigenvalue weighted by molar-refractivity contribution is 5.59. The van der Waals surface area contributed by atoms with E-state index >= 15 is 0 Å². The Bertz CT molecular complexity index is 555. The lowest BCUT2D eigenvalue weighted by atomic mass is 10.1. The molecule has 1 aromatic heterocycles. The van der Waals surface area contributed by atoms with Crippen molar-refractivity contribution in [3.63, 3.8) is 0 Å². The fraction of sp³-hybridized carbons (Fsp3) is 0.412. The van der Waals surface area contributed by atoms with Crippen LogP contribution in [0.3, 0.4) is 0 Å². The summed E-state index contributed by atoms with van der Waals surface area (Å²) in [6.45, 7) is 6.32. The van der Waals surface area contributed by atoms with Crippen LogP contribution in [0.5, 0.6) is 0 Å². The minimum Gasteiger partial charge on any atom is -0.381 e. The van der Waals surface area contributed by atoms with E-state index in [0.717, 1.165) is 13.1 Å². The average molecular weight is 271 g/mol. The van der Waals surface area contributed by atoms with Gasteiger partial charge in [-0.05, 0) is 48.7 Å². The van der Waals surface area contributed by atoms with Gasteiger partial charge in [0, 0.05) is 51.0 Å². The van der Waals surface area contributed by atoms with Crippen molar-refractivity contribution < 1.29 is 0 Å². The van der Waals surface area contributed by atoms with Crippen molar-refractivity contribution in [2.24, 2.45) is 0 Å². The van der Waals surface area contributed by atoms with Crippen molar-refractivity contribution in [2.75, 3.05) is 24.3 Å². The molecule has 1 heterocycles. The second-order valence-electron chi connectivity index (χ2n) is 5.50. The molecule has 0 aliphatic rings. The summed E-state index contributed by atoms with van der Waals surface area (Å²) in [5, 5.41) is 3.52. The van der Waals surface area contributed by atoms with Crippen LogP contribution in [0.2, 0.25) is 0 Å². The zero-order chi connectivity index (χ0) is 14.5. The van der Waals surface area contributed by atoms with E-state index in [1.807, 2.05) is 0 Å². The smallest absolute Gasteiger partial charge is 0.0415 e. The first-order valence-electron chi connectivity index (χ1n) is 7.26. The van der Waals surface area contributed by atoms with Crippen LogP contribution in [-0.2, 0) is 13.1 Å². The Morgan fingerprint density at radius 3 is 2.65 bits per heavy atom. The summed E-state index contributed by atoms with van der Waals surface area (Å²) in [4.78, 5) is 2.13. The number of nitrogens with one attached hydrogen (secondary N) is 1. The van der Waals surface area contributed by atoms with Crippen molar-refractivity contribution in [2.45, 2.75) is 33.4 Å². The third-order valence-electron chi connectivity index (χ3n) is 3.50. The molecule has 0 atom stereocenters. The van der Waals surface area contributed by atoms with Gasteiger partial charge in [-0.25, -0.2) is 0 Å². The Labute approximate surface area is 122 Å². The number of benzene rings is 1. The molecule has 2 rings (SSSR count). The topological polar surface area (TPSA) is 20.2 Å². The summed E-state index contributed by atoms with van der Waals surface area (Å²) in [7, 11) is 4.14. The van der Waals surface area contributed by atoms with Gasteiger partial charge in [-0.1, -0.05) is 6.92 Å². The highest BCUT2D eigenvalue weighted by Gasteiger charge is 2.02. The number of nitrogens with zero attached hydrogens (tertiary/aromatic N) is 2. The molecule has 20 heavy (non-hydrogen) atoms. The average Bonchev–Trinajstić information content (AvgIpc) is 2.85. The maximum Gasteiger partial charge on any atom is 0.0415 e. The van der Waals surface area contributed by atoms with E-state index in [2.05, 4.69) is 79.4 Å². The van der Waals surface area contributed by atoms with Crippen molar-refractivity contribution in [3.8, 4) is 0 Å². The summed E-state index contributed by atoms with van der Waals surface area (Å²) < 4.78 is 2.25. The molecule has 0 aliphatic heterocycles. The zero-order valence-electron chi connectivity index (χ0n) is 13.0. The van der Waals surface area contributed by atoms with Gasteiger partial charge in [0.05, 0.1) is 0 Å². The standard InChI is InChI=1S/C17H25N3/c1-5-9-20-10-8-15(13-20)12-18-17-7-6-16(19(3)4)11-14(17)2/h6-8,10-11,13,18H,5,9,12H2,1-4H3. The van der Waals surface area contributed by atoms with Crippen molar-refractivity contribution in [1.29, 1.82) is 0 Å². The number of anilines is 2. The maximum absolute atomic E-state index is 3.52. The summed E-state index contributed by atoms with van der Waals surface area (Å²) in [5.41, 5.74) is 5.06. The Morgan fingerprint density at radius 1 is 1.20 bits per heavy atom. The quantitative estimate of drug-likeness (QED) is 0.860. The predicted octanol–water partition coefficient (Wildman–Crippen LogP) is 3.88. The van der Waals surface area contributed by atoms with Gasteiger partial charge in [0.1, 0.15) is 0 Å². The molecule has 0 fully saturated rings. The molecule has 3 nitrogen and oxygen atoms in total. The van der Waals surface area contributed by atoms with Crippen LogP contribution >= 0.6 is 0 Å². The Balaban J connectivity index is 1.99. The maximum atomic E-state index is 3.52. The van der Waals surface area contributed by atoms with Crippen molar-refractivity contribution >= 4 is 11.4 Å². The summed E-state index contributed by atoms with van der Waals surface area (Å²) in [6, 6.07) is 8.71. The van der Waals surface area contributed by atoms with E-state index in [0.29, 0.717) is 0 Å². The monoisotopic (exact) mass is 271 g/mol. The second-order valence-corrected chi connectivity index (χ2v) is 5.50. The number of aromatic nitrogens is 1. The number of rotatable bonds is 6. The molecule has 108 valence electrons. The molecule has 0 saturated heterocycles. The molecule has 0 aliphatic carbocycles. The second kappa shape index (κ2) is 6.51. The van der Waals surface area contributed by atoms with Gasteiger partial charge in [0.25, 0.3) is 0 Å². The first-order chi connectivity index (χ1) is 9.60. The normalized spacial score (nSPS) is 10.6. The van der Waals surface area contributed by atoms with E-state index in [1.165, 1.54) is 28.9 Å². The molecule has 3 heteroatoms. The highest BCUT2D eigenvalue weighted by Crippen LogP contribution is 2.21. The lowest BCUT2D eigenvalue weighted by Gasteiger charge is -2.15. The van der Waals surface area contributed by atoms with Crippen LogP contribution in [-0.4, -0.2) is 18.7 Å². The third-order valence-corrected chi connectivity index (χ3v) is 3.50. The molecule has 0 bridgehead atoms.